The number of hydrogen-bond acceptors (Lipinski definition) is 8. The van der Waals surface area contributed by atoms with Crippen LogP contribution in [-0.4, -0.2) is 36.0 Å². The molecule has 1 unspecified atom stereocenters. The van der Waals surface area contributed by atoms with E-state index in [0.29, 0.717) is 44.3 Å². The lowest BCUT2D eigenvalue weighted by atomic mass is 9.90. The number of esters is 1. The first-order valence-electron chi connectivity index (χ1n) is 12.6. The van der Waals surface area contributed by atoms with Crippen molar-refractivity contribution in [2.75, 3.05) is 20.3 Å². The van der Waals surface area contributed by atoms with E-state index in [-0.39, 0.29) is 23.5 Å². The Labute approximate surface area is 228 Å². The molecule has 4 aromatic rings. The van der Waals surface area contributed by atoms with E-state index in [1.165, 1.54) is 17.4 Å². The summed E-state index contributed by atoms with van der Waals surface area (Å²) in [5, 5.41) is 11.9. The number of allylic oxidation sites excluding steroid dienone is 1. The fourth-order valence-corrected chi connectivity index (χ4v) is 5.89. The molecule has 1 N–H and O–H groups in total. The molecule has 8 nitrogen and oxygen atoms in total. The van der Waals surface area contributed by atoms with Crippen LogP contribution in [0.3, 0.4) is 0 Å². The molecule has 0 aliphatic carbocycles. The first-order chi connectivity index (χ1) is 18.9. The number of carbonyl (C=O) groups excluding carboxylic acids is 1. The summed E-state index contributed by atoms with van der Waals surface area (Å²) in [6.07, 6.45) is 1.73. The third kappa shape index (κ3) is 4.70. The summed E-state index contributed by atoms with van der Waals surface area (Å²) < 4.78 is 18.7. The van der Waals surface area contributed by atoms with Gasteiger partial charge in [-0.25, -0.2) is 9.79 Å². The molecule has 1 aromatic heterocycles. The van der Waals surface area contributed by atoms with Crippen LogP contribution in [0, 0.1) is 0 Å². The van der Waals surface area contributed by atoms with Crippen molar-refractivity contribution in [2.24, 2.45) is 4.99 Å². The Morgan fingerprint density at radius 1 is 1.10 bits per heavy atom. The van der Waals surface area contributed by atoms with Gasteiger partial charge in [0, 0.05) is 5.56 Å². The number of aromatic nitrogens is 1. The summed E-state index contributed by atoms with van der Waals surface area (Å²) >= 11 is 1.23. The quantitative estimate of drug-likeness (QED) is 0.352. The molecule has 5 rings (SSSR count). The first-order valence-corrected chi connectivity index (χ1v) is 13.4. The Kier molecular flexibility index (Phi) is 7.26. The van der Waals surface area contributed by atoms with Gasteiger partial charge in [0.2, 0.25) is 0 Å². The van der Waals surface area contributed by atoms with Crippen LogP contribution in [0.5, 0.6) is 17.2 Å². The molecule has 3 aromatic carbocycles. The Hall–Kier alpha value is -4.37. The van der Waals surface area contributed by atoms with Crippen LogP contribution in [-0.2, 0) is 9.53 Å². The summed E-state index contributed by atoms with van der Waals surface area (Å²) in [6, 6.07) is 15.7. The van der Waals surface area contributed by atoms with Gasteiger partial charge in [-0.15, -0.1) is 0 Å². The number of rotatable bonds is 7. The number of phenolic OH excluding ortho intramolecular Hbond substituents is 1. The largest absolute Gasteiger partial charge is 0.504 e. The third-order valence-corrected chi connectivity index (χ3v) is 7.51. The third-order valence-electron chi connectivity index (χ3n) is 6.52. The predicted molar refractivity (Wildman–Crippen MR) is 150 cm³/mol. The van der Waals surface area contributed by atoms with Gasteiger partial charge >= 0.3 is 5.97 Å². The van der Waals surface area contributed by atoms with E-state index in [1.54, 1.807) is 43.7 Å². The molecule has 2 heterocycles. The highest BCUT2D eigenvalue weighted by Gasteiger charge is 2.36. The standard InChI is InChI=1S/C30H28N2O6S/c1-5-37-23-15-18(11-13-21(23)33)16-24-28(34)32-27(25(29(35)38-6-2)17(3)31-30(32)39-24)26-20-10-8-7-9-19(20)12-14-22(26)36-4/h7-16,27,33H,5-6H2,1-4H3. The van der Waals surface area contributed by atoms with Crippen LogP contribution in [0.2, 0.25) is 0 Å². The number of nitrogens with zero attached hydrogens (tertiary/aromatic N) is 2. The Morgan fingerprint density at radius 3 is 2.64 bits per heavy atom. The number of ether oxygens (including phenoxy) is 3. The van der Waals surface area contributed by atoms with Crippen molar-refractivity contribution < 1.29 is 24.1 Å². The zero-order chi connectivity index (χ0) is 27.7. The molecular weight excluding hydrogens is 516 g/mol. The van der Waals surface area contributed by atoms with E-state index in [1.807, 2.05) is 43.3 Å². The molecule has 200 valence electrons. The van der Waals surface area contributed by atoms with Gasteiger partial charge < -0.3 is 19.3 Å². The minimum Gasteiger partial charge on any atom is -0.504 e. The van der Waals surface area contributed by atoms with Crippen LogP contribution in [0.4, 0.5) is 0 Å². The number of phenols is 1. The van der Waals surface area contributed by atoms with Gasteiger partial charge in [-0.3, -0.25) is 9.36 Å². The molecule has 1 aliphatic heterocycles. The number of benzene rings is 3. The number of hydrogen-bond donors (Lipinski definition) is 1. The van der Waals surface area contributed by atoms with E-state index in [0.717, 1.165) is 10.8 Å². The Balaban J connectivity index is 1.81. The van der Waals surface area contributed by atoms with Crippen molar-refractivity contribution in [3.8, 4) is 17.2 Å². The van der Waals surface area contributed by atoms with Gasteiger partial charge in [-0.2, -0.15) is 0 Å². The highest BCUT2D eigenvalue weighted by molar-refractivity contribution is 7.07. The van der Waals surface area contributed by atoms with Crippen LogP contribution < -0.4 is 24.4 Å². The maximum absolute atomic E-state index is 14.0. The molecule has 0 fully saturated rings. The van der Waals surface area contributed by atoms with Crippen LogP contribution in [0.15, 0.2) is 75.7 Å². The molecule has 39 heavy (non-hydrogen) atoms. The van der Waals surface area contributed by atoms with Crippen LogP contribution in [0.25, 0.3) is 16.8 Å². The molecule has 1 aliphatic rings. The maximum atomic E-state index is 14.0. The average molecular weight is 545 g/mol. The zero-order valence-electron chi connectivity index (χ0n) is 22.1. The Bertz CT molecular complexity index is 1800. The van der Waals surface area contributed by atoms with E-state index in [9.17, 15) is 14.7 Å². The van der Waals surface area contributed by atoms with E-state index in [2.05, 4.69) is 4.99 Å². The second-order valence-corrected chi connectivity index (χ2v) is 9.87. The van der Waals surface area contributed by atoms with Crippen LogP contribution >= 0.6 is 11.3 Å². The van der Waals surface area contributed by atoms with Crippen molar-refractivity contribution in [3.63, 3.8) is 0 Å². The number of fused-ring (bicyclic) bond motifs is 2. The van der Waals surface area contributed by atoms with Crippen molar-refractivity contribution in [2.45, 2.75) is 26.8 Å². The van der Waals surface area contributed by atoms with Crippen molar-refractivity contribution >= 4 is 34.2 Å². The van der Waals surface area contributed by atoms with Gasteiger partial charge in [-0.05, 0) is 61.4 Å². The van der Waals surface area contributed by atoms with E-state index < -0.39 is 12.0 Å². The summed E-state index contributed by atoms with van der Waals surface area (Å²) in [5.74, 6) is 0.364. The highest BCUT2D eigenvalue weighted by Crippen LogP contribution is 2.40. The summed E-state index contributed by atoms with van der Waals surface area (Å²) in [6.45, 7) is 5.90. The van der Waals surface area contributed by atoms with Crippen molar-refractivity contribution in [1.29, 1.82) is 0 Å². The lowest BCUT2D eigenvalue weighted by molar-refractivity contribution is -0.139. The normalized spacial score (nSPS) is 15.2. The molecule has 0 amide bonds. The highest BCUT2D eigenvalue weighted by atomic mass is 32.1. The number of thiazole rings is 1. The summed E-state index contributed by atoms with van der Waals surface area (Å²) in [7, 11) is 1.57. The van der Waals surface area contributed by atoms with Crippen molar-refractivity contribution in [3.05, 3.63) is 96.7 Å². The molecule has 0 saturated heterocycles. The molecule has 0 spiro atoms. The van der Waals surface area contributed by atoms with E-state index in [4.69, 9.17) is 14.2 Å². The SMILES string of the molecule is CCOC(=O)C1=C(C)N=c2sc(=Cc3ccc(O)c(OCC)c3)c(=O)n2C1c1c(OC)ccc2ccccc12. The zero-order valence-corrected chi connectivity index (χ0v) is 22.9. The van der Waals surface area contributed by atoms with Gasteiger partial charge in [0.1, 0.15) is 11.8 Å². The molecule has 1 atom stereocenters. The van der Waals surface area contributed by atoms with Gasteiger partial charge in [-0.1, -0.05) is 47.7 Å². The number of carbonyl (C=O) groups is 1. The molecular formula is C30H28N2O6S. The monoisotopic (exact) mass is 544 g/mol. The molecule has 0 bridgehead atoms. The van der Waals surface area contributed by atoms with E-state index >= 15 is 0 Å². The number of methoxy groups -OCH3 is 1. The molecule has 9 heteroatoms. The molecule has 0 radical (unpaired) electrons. The first kappa shape index (κ1) is 26.2. The fourth-order valence-electron chi connectivity index (χ4n) is 4.84. The second-order valence-electron chi connectivity index (χ2n) is 8.87. The second kappa shape index (κ2) is 10.8. The maximum Gasteiger partial charge on any atom is 0.338 e. The summed E-state index contributed by atoms with van der Waals surface area (Å²) in [5.41, 5.74) is 1.82. The Morgan fingerprint density at radius 2 is 1.90 bits per heavy atom. The van der Waals surface area contributed by atoms with Gasteiger partial charge in [0.25, 0.3) is 5.56 Å². The minimum absolute atomic E-state index is 0.0215. The lowest BCUT2D eigenvalue weighted by Crippen LogP contribution is -2.40. The average Bonchev–Trinajstić information content (AvgIpc) is 3.23. The summed E-state index contributed by atoms with van der Waals surface area (Å²) in [4.78, 5) is 32.5. The predicted octanol–water partition coefficient (Wildman–Crippen LogP) is 4.06. The minimum atomic E-state index is -0.817. The van der Waals surface area contributed by atoms with Crippen molar-refractivity contribution in [1.82, 2.24) is 4.57 Å². The smallest absolute Gasteiger partial charge is 0.338 e. The lowest BCUT2D eigenvalue weighted by Gasteiger charge is -2.27. The molecule has 0 saturated carbocycles. The topological polar surface area (TPSA) is 99.4 Å². The number of aromatic hydroxyl groups is 1. The van der Waals surface area contributed by atoms with Gasteiger partial charge in [0.15, 0.2) is 16.3 Å². The van der Waals surface area contributed by atoms with Gasteiger partial charge in [0.05, 0.1) is 36.1 Å². The fraction of sp³-hybridized carbons (Fsp3) is 0.233. The van der Waals surface area contributed by atoms with Crippen LogP contribution in [0.1, 0.15) is 37.9 Å².